The summed E-state index contributed by atoms with van der Waals surface area (Å²) in [5.41, 5.74) is 2.60. The maximum absolute atomic E-state index is 4.26. The van der Waals surface area contributed by atoms with Crippen LogP contribution in [0.25, 0.3) is 0 Å². The monoisotopic (exact) mass is 221 g/mol. The number of aryl methyl sites for hydroxylation is 1. The molecular weight excluding hydrogens is 198 g/mol. The molecule has 0 spiro atoms. The predicted octanol–water partition coefficient (Wildman–Crippen LogP) is 2.25. The molecule has 90 valence electrons. The SMILES string of the molecule is Cc1c(CNC2CC(C(C)C)C2)cnn1C. The zero-order valence-corrected chi connectivity index (χ0v) is 10.8. The zero-order valence-electron chi connectivity index (χ0n) is 10.8. The predicted molar refractivity (Wildman–Crippen MR) is 66.1 cm³/mol. The molecule has 1 aliphatic rings. The Labute approximate surface area is 98.2 Å². The summed E-state index contributed by atoms with van der Waals surface area (Å²) in [5.74, 6) is 1.78. The standard InChI is InChI=1S/C13H23N3/c1-9(2)11-5-13(6-11)14-7-12-8-15-16(4)10(12)3/h8-9,11,13-14H,5-7H2,1-4H3. The third kappa shape index (κ3) is 2.29. The van der Waals surface area contributed by atoms with Gasteiger partial charge in [-0.3, -0.25) is 4.68 Å². The molecule has 0 saturated heterocycles. The van der Waals surface area contributed by atoms with Gasteiger partial charge >= 0.3 is 0 Å². The average molecular weight is 221 g/mol. The van der Waals surface area contributed by atoms with Crippen LogP contribution in [-0.2, 0) is 13.6 Å². The van der Waals surface area contributed by atoms with Gasteiger partial charge in [0.1, 0.15) is 0 Å². The van der Waals surface area contributed by atoms with Gasteiger partial charge in [-0.05, 0) is 31.6 Å². The molecule has 0 aliphatic heterocycles. The number of nitrogens with one attached hydrogen (secondary N) is 1. The molecule has 1 saturated carbocycles. The molecule has 1 aromatic rings. The van der Waals surface area contributed by atoms with E-state index in [0.29, 0.717) is 0 Å². The van der Waals surface area contributed by atoms with Crippen LogP contribution in [-0.4, -0.2) is 15.8 Å². The summed E-state index contributed by atoms with van der Waals surface area (Å²) in [6.07, 6.45) is 4.66. The van der Waals surface area contributed by atoms with Gasteiger partial charge in [0, 0.05) is 30.9 Å². The van der Waals surface area contributed by atoms with Gasteiger partial charge in [0.25, 0.3) is 0 Å². The van der Waals surface area contributed by atoms with E-state index in [0.717, 1.165) is 24.4 Å². The Kier molecular flexibility index (Phi) is 3.33. The van der Waals surface area contributed by atoms with Gasteiger partial charge in [0.2, 0.25) is 0 Å². The van der Waals surface area contributed by atoms with Crippen molar-refractivity contribution in [3.05, 3.63) is 17.5 Å². The van der Waals surface area contributed by atoms with Crippen molar-refractivity contribution in [2.75, 3.05) is 0 Å². The van der Waals surface area contributed by atoms with E-state index in [9.17, 15) is 0 Å². The van der Waals surface area contributed by atoms with Crippen LogP contribution in [0.1, 0.15) is 37.9 Å². The molecular formula is C13H23N3. The van der Waals surface area contributed by atoms with Crippen molar-refractivity contribution < 1.29 is 0 Å². The van der Waals surface area contributed by atoms with Crippen LogP contribution >= 0.6 is 0 Å². The Bertz CT molecular complexity index is 348. The molecule has 1 aromatic heterocycles. The highest BCUT2D eigenvalue weighted by molar-refractivity contribution is 5.15. The molecule has 3 heteroatoms. The van der Waals surface area contributed by atoms with Gasteiger partial charge in [-0.15, -0.1) is 0 Å². The van der Waals surface area contributed by atoms with Gasteiger partial charge < -0.3 is 5.32 Å². The first-order valence-electron chi connectivity index (χ1n) is 6.28. The molecule has 16 heavy (non-hydrogen) atoms. The minimum absolute atomic E-state index is 0.729. The van der Waals surface area contributed by atoms with E-state index >= 15 is 0 Å². The van der Waals surface area contributed by atoms with Crippen molar-refractivity contribution in [3.8, 4) is 0 Å². The summed E-state index contributed by atoms with van der Waals surface area (Å²) in [7, 11) is 2.00. The number of aromatic nitrogens is 2. The lowest BCUT2D eigenvalue weighted by molar-refractivity contribution is 0.167. The molecule has 1 N–H and O–H groups in total. The van der Waals surface area contributed by atoms with E-state index in [1.165, 1.54) is 24.1 Å². The van der Waals surface area contributed by atoms with Crippen LogP contribution in [0.3, 0.4) is 0 Å². The van der Waals surface area contributed by atoms with E-state index in [1.54, 1.807) is 0 Å². The lowest BCUT2D eigenvalue weighted by Gasteiger charge is -2.38. The number of hydrogen-bond acceptors (Lipinski definition) is 2. The van der Waals surface area contributed by atoms with Crippen molar-refractivity contribution in [2.24, 2.45) is 18.9 Å². The highest BCUT2D eigenvalue weighted by Gasteiger charge is 2.30. The third-order valence-corrected chi connectivity index (χ3v) is 4.04. The van der Waals surface area contributed by atoms with E-state index in [1.807, 2.05) is 17.9 Å². The van der Waals surface area contributed by atoms with Crippen molar-refractivity contribution in [1.82, 2.24) is 15.1 Å². The molecule has 0 aromatic carbocycles. The average Bonchev–Trinajstić information content (AvgIpc) is 2.46. The lowest BCUT2D eigenvalue weighted by Crippen LogP contribution is -2.42. The lowest BCUT2D eigenvalue weighted by atomic mass is 9.73. The van der Waals surface area contributed by atoms with E-state index in [-0.39, 0.29) is 0 Å². The van der Waals surface area contributed by atoms with Crippen molar-refractivity contribution in [1.29, 1.82) is 0 Å². The second-order valence-electron chi connectivity index (χ2n) is 5.43. The first-order valence-corrected chi connectivity index (χ1v) is 6.28. The van der Waals surface area contributed by atoms with Crippen LogP contribution in [0.5, 0.6) is 0 Å². The number of nitrogens with zero attached hydrogens (tertiary/aromatic N) is 2. The number of hydrogen-bond donors (Lipinski definition) is 1. The molecule has 0 bridgehead atoms. The fourth-order valence-electron chi connectivity index (χ4n) is 2.34. The smallest absolute Gasteiger partial charge is 0.0537 e. The molecule has 2 rings (SSSR count). The minimum Gasteiger partial charge on any atom is -0.310 e. The summed E-state index contributed by atoms with van der Waals surface area (Å²) in [6.45, 7) is 7.75. The van der Waals surface area contributed by atoms with Crippen LogP contribution in [0.4, 0.5) is 0 Å². The Balaban J connectivity index is 1.76. The molecule has 3 nitrogen and oxygen atoms in total. The summed E-state index contributed by atoms with van der Waals surface area (Å²) in [6, 6.07) is 0.729. The van der Waals surface area contributed by atoms with Crippen molar-refractivity contribution in [3.63, 3.8) is 0 Å². The normalized spacial score (nSPS) is 24.8. The van der Waals surface area contributed by atoms with Gasteiger partial charge in [-0.25, -0.2) is 0 Å². The highest BCUT2D eigenvalue weighted by atomic mass is 15.3. The second kappa shape index (κ2) is 4.58. The quantitative estimate of drug-likeness (QED) is 0.845. The second-order valence-corrected chi connectivity index (χ2v) is 5.43. The van der Waals surface area contributed by atoms with Crippen LogP contribution < -0.4 is 5.32 Å². The van der Waals surface area contributed by atoms with Crippen LogP contribution in [0.2, 0.25) is 0 Å². The Morgan fingerprint density at radius 2 is 2.19 bits per heavy atom. The van der Waals surface area contributed by atoms with Gasteiger partial charge in [0.15, 0.2) is 0 Å². The molecule has 0 amide bonds. The first kappa shape index (κ1) is 11.6. The van der Waals surface area contributed by atoms with Crippen LogP contribution in [0.15, 0.2) is 6.20 Å². The molecule has 0 unspecified atom stereocenters. The molecule has 0 atom stereocenters. The first-order chi connectivity index (χ1) is 7.58. The van der Waals surface area contributed by atoms with Crippen LogP contribution in [0, 0.1) is 18.8 Å². The van der Waals surface area contributed by atoms with E-state index in [2.05, 4.69) is 31.2 Å². The summed E-state index contributed by atoms with van der Waals surface area (Å²) >= 11 is 0. The summed E-state index contributed by atoms with van der Waals surface area (Å²) in [4.78, 5) is 0. The fourth-order valence-corrected chi connectivity index (χ4v) is 2.34. The maximum atomic E-state index is 4.26. The van der Waals surface area contributed by atoms with E-state index in [4.69, 9.17) is 0 Å². The van der Waals surface area contributed by atoms with Gasteiger partial charge in [0.05, 0.1) is 6.20 Å². The molecule has 1 aliphatic carbocycles. The van der Waals surface area contributed by atoms with E-state index < -0.39 is 0 Å². The summed E-state index contributed by atoms with van der Waals surface area (Å²) in [5, 5.41) is 7.88. The third-order valence-electron chi connectivity index (χ3n) is 4.04. The Morgan fingerprint density at radius 3 is 2.69 bits per heavy atom. The highest BCUT2D eigenvalue weighted by Crippen LogP contribution is 2.33. The summed E-state index contributed by atoms with van der Waals surface area (Å²) < 4.78 is 1.94. The maximum Gasteiger partial charge on any atom is 0.0537 e. The topological polar surface area (TPSA) is 29.9 Å². The molecule has 0 radical (unpaired) electrons. The Morgan fingerprint density at radius 1 is 1.50 bits per heavy atom. The van der Waals surface area contributed by atoms with Gasteiger partial charge in [-0.1, -0.05) is 13.8 Å². The largest absolute Gasteiger partial charge is 0.310 e. The van der Waals surface area contributed by atoms with Gasteiger partial charge in [-0.2, -0.15) is 5.10 Å². The fraction of sp³-hybridized carbons (Fsp3) is 0.769. The Hall–Kier alpha value is -0.830. The van der Waals surface area contributed by atoms with Crippen molar-refractivity contribution in [2.45, 2.75) is 46.2 Å². The zero-order chi connectivity index (χ0) is 11.7. The molecule has 1 heterocycles. The molecule has 1 fully saturated rings. The number of rotatable bonds is 4. The van der Waals surface area contributed by atoms with Crippen molar-refractivity contribution >= 4 is 0 Å². The minimum atomic E-state index is 0.729.